The molecule has 1 saturated heterocycles. The number of carbonyl (C=O) groups excluding carboxylic acids is 1. The Kier molecular flexibility index (Phi) is 5.28. The Morgan fingerprint density at radius 2 is 1.61 bits per heavy atom. The predicted molar refractivity (Wildman–Crippen MR) is 116 cm³/mol. The van der Waals surface area contributed by atoms with Crippen molar-refractivity contribution in [3.8, 4) is 17.4 Å². The van der Waals surface area contributed by atoms with Crippen LogP contribution in [0.1, 0.15) is 35.6 Å². The molecular weight excluding hydrogens is 390 g/mol. The van der Waals surface area contributed by atoms with Crippen molar-refractivity contribution in [1.82, 2.24) is 15.1 Å². The highest BCUT2D eigenvalue weighted by Crippen LogP contribution is 2.44. The van der Waals surface area contributed by atoms with E-state index in [2.05, 4.69) is 10.2 Å². The van der Waals surface area contributed by atoms with Crippen LogP contribution in [0.4, 0.5) is 0 Å². The number of aromatic nitrogens is 2. The molecule has 0 saturated carbocycles. The molecule has 158 valence electrons. The van der Waals surface area contributed by atoms with Crippen molar-refractivity contribution in [3.63, 3.8) is 0 Å². The van der Waals surface area contributed by atoms with Crippen molar-refractivity contribution < 1.29 is 14.3 Å². The minimum absolute atomic E-state index is 0.145. The summed E-state index contributed by atoms with van der Waals surface area (Å²) in [5.74, 6) is 2.31. The number of benzene rings is 2. The van der Waals surface area contributed by atoms with Crippen LogP contribution in [0.25, 0.3) is 0 Å². The molecule has 0 N–H and O–H groups in total. The third-order valence-electron chi connectivity index (χ3n) is 6.09. The maximum Gasteiger partial charge on any atom is 0.234 e. The molecule has 1 amide bonds. The maximum absolute atomic E-state index is 13.6. The quantitative estimate of drug-likeness (QED) is 0.634. The molecule has 2 aliphatic heterocycles. The summed E-state index contributed by atoms with van der Waals surface area (Å²) in [5.41, 5.74) is 2.75. The first-order chi connectivity index (χ1) is 15.2. The van der Waals surface area contributed by atoms with Crippen molar-refractivity contribution in [2.45, 2.75) is 25.7 Å². The van der Waals surface area contributed by atoms with Crippen molar-refractivity contribution in [2.24, 2.45) is 5.92 Å². The molecule has 0 aliphatic carbocycles. The lowest BCUT2D eigenvalue weighted by Gasteiger charge is -2.36. The number of hydrogen-bond acceptors (Lipinski definition) is 5. The van der Waals surface area contributed by atoms with Crippen molar-refractivity contribution in [2.75, 3.05) is 19.7 Å². The molecule has 0 atom stereocenters. The molecule has 3 heterocycles. The molecular formula is C25H25N3O3. The van der Waals surface area contributed by atoms with Crippen molar-refractivity contribution in [1.29, 1.82) is 0 Å². The number of carbonyl (C=O) groups is 1. The number of ether oxygens (including phenoxy) is 2. The van der Waals surface area contributed by atoms with Gasteiger partial charge < -0.3 is 14.4 Å². The van der Waals surface area contributed by atoms with Gasteiger partial charge in [-0.3, -0.25) is 4.79 Å². The maximum atomic E-state index is 13.6. The van der Waals surface area contributed by atoms with E-state index in [9.17, 15) is 4.79 Å². The Labute approximate surface area is 181 Å². The number of fused-ring (bicyclic) bond motifs is 2. The van der Waals surface area contributed by atoms with Crippen LogP contribution in [0.5, 0.6) is 17.4 Å². The molecule has 0 bridgehead atoms. The van der Waals surface area contributed by atoms with Crippen LogP contribution in [0.3, 0.4) is 0 Å². The molecule has 0 unspecified atom stereocenters. The molecule has 5 rings (SSSR count). The zero-order valence-electron chi connectivity index (χ0n) is 17.5. The minimum Gasteiger partial charge on any atom is -0.476 e. The fourth-order valence-electron chi connectivity index (χ4n) is 4.35. The number of para-hydroxylation sites is 2. The fraction of sp³-hybridized carbons (Fsp3) is 0.320. The van der Waals surface area contributed by atoms with E-state index in [4.69, 9.17) is 9.47 Å². The lowest BCUT2D eigenvalue weighted by Crippen LogP contribution is -2.42. The lowest BCUT2D eigenvalue weighted by molar-refractivity contribution is -0.133. The average molecular weight is 415 g/mol. The first kappa shape index (κ1) is 19.5. The summed E-state index contributed by atoms with van der Waals surface area (Å²) in [5, 5.41) is 8.09. The predicted octanol–water partition coefficient (Wildman–Crippen LogP) is 4.34. The largest absolute Gasteiger partial charge is 0.476 e. The summed E-state index contributed by atoms with van der Waals surface area (Å²) in [6, 6.07) is 19.4. The van der Waals surface area contributed by atoms with Crippen LogP contribution in [0, 0.1) is 12.8 Å². The smallest absolute Gasteiger partial charge is 0.234 e. The number of nitrogens with zero attached hydrogens (tertiary/aromatic N) is 3. The van der Waals surface area contributed by atoms with Gasteiger partial charge in [0.15, 0.2) is 0 Å². The van der Waals surface area contributed by atoms with E-state index in [0.717, 1.165) is 54.3 Å². The normalized spacial score (nSPS) is 16.2. The number of hydrogen-bond donors (Lipinski definition) is 0. The van der Waals surface area contributed by atoms with E-state index in [1.54, 1.807) is 0 Å². The third kappa shape index (κ3) is 3.98. The number of aryl methyl sites for hydroxylation is 1. The van der Waals surface area contributed by atoms with Crippen LogP contribution in [0.2, 0.25) is 0 Å². The van der Waals surface area contributed by atoms with E-state index >= 15 is 0 Å². The van der Waals surface area contributed by atoms with Crippen LogP contribution in [-0.2, 0) is 4.79 Å². The molecule has 0 radical (unpaired) electrons. The number of piperidine rings is 1. The summed E-state index contributed by atoms with van der Waals surface area (Å²) in [6.45, 7) is 3.96. The Hall–Kier alpha value is -3.41. The fourth-order valence-corrected chi connectivity index (χ4v) is 4.35. The highest BCUT2D eigenvalue weighted by Gasteiger charge is 2.36. The van der Waals surface area contributed by atoms with Gasteiger partial charge in [-0.05, 0) is 43.9 Å². The molecule has 6 nitrogen and oxygen atoms in total. The molecule has 2 aliphatic rings. The second kappa shape index (κ2) is 8.38. The number of amides is 1. The Morgan fingerprint density at radius 3 is 2.23 bits per heavy atom. The van der Waals surface area contributed by atoms with Gasteiger partial charge in [0, 0.05) is 30.3 Å². The zero-order chi connectivity index (χ0) is 21.2. The topological polar surface area (TPSA) is 64.5 Å². The van der Waals surface area contributed by atoms with Gasteiger partial charge in [0.25, 0.3) is 0 Å². The van der Waals surface area contributed by atoms with Crippen molar-refractivity contribution in [3.05, 3.63) is 77.5 Å². The van der Waals surface area contributed by atoms with Crippen LogP contribution >= 0.6 is 0 Å². The van der Waals surface area contributed by atoms with Crippen molar-refractivity contribution >= 4 is 5.91 Å². The summed E-state index contributed by atoms with van der Waals surface area (Å²) in [6.07, 6.45) is 1.83. The zero-order valence-corrected chi connectivity index (χ0v) is 17.5. The SMILES string of the molecule is Cc1ccc(OCC2CCN(C(=O)C3c4ccccc4Oc4ccccc43)CC2)nn1. The summed E-state index contributed by atoms with van der Waals surface area (Å²) in [7, 11) is 0. The van der Waals surface area contributed by atoms with Gasteiger partial charge in [0.1, 0.15) is 11.5 Å². The molecule has 2 aromatic carbocycles. The first-order valence-corrected chi connectivity index (χ1v) is 10.8. The second-order valence-corrected chi connectivity index (χ2v) is 8.20. The van der Waals surface area contributed by atoms with Crippen LogP contribution in [-0.4, -0.2) is 40.7 Å². The first-order valence-electron chi connectivity index (χ1n) is 10.8. The highest BCUT2D eigenvalue weighted by molar-refractivity contribution is 5.89. The number of likely N-dealkylation sites (tertiary alicyclic amines) is 1. The Morgan fingerprint density at radius 1 is 0.968 bits per heavy atom. The average Bonchev–Trinajstić information content (AvgIpc) is 2.82. The Bertz CT molecular complexity index is 1030. The van der Waals surface area contributed by atoms with E-state index in [1.807, 2.05) is 72.5 Å². The highest BCUT2D eigenvalue weighted by atomic mass is 16.5. The lowest BCUT2D eigenvalue weighted by atomic mass is 9.86. The van der Waals surface area contributed by atoms with E-state index in [1.165, 1.54) is 0 Å². The van der Waals surface area contributed by atoms with Crippen LogP contribution < -0.4 is 9.47 Å². The molecule has 1 fully saturated rings. The standard InChI is InChI=1S/C25H25N3O3/c1-17-10-11-23(27-26-17)30-16-18-12-14-28(15-13-18)25(29)24-19-6-2-4-8-21(19)31-22-9-5-3-7-20(22)24/h2-11,18,24H,12-16H2,1H3. The summed E-state index contributed by atoms with van der Waals surface area (Å²) >= 11 is 0. The molecule has 0 spiro atoms. The van der Waals surface area contributed by atoms with Gasteiger partial charge in [-0.2, -0.15) is 5.10 Å². The summed E-state index contributed by atoms with van der Waals surface area (Å²) < 4.78 is 11.9. The van der Waals surface area contributed by atoms with E-state index in [-0.39, 0.29) is 11.8 Å². The molecule has 6 heteroatoms. The van der Waals surface area contributed by atoms with E-state index < -0.39 is 0 Å². The molecule has 1 aromatic heterocycles. The Balaban J connectivity index is 1.26. The van der Waals surface area contributed by atoms with E-state index in [0.29, 0.717) is 18.4 Å². The third-order valence-corrected chi connectivity index (χ3v) is 6.09. The van der Waals surface area contributed by atoms with Gasteiger partial charge in [0.2, 0.25) is 11.8 Å². The molecule has 3 aromatic rings. The van der Waals surface area contributed by atoms with Crippen LogP contribution in [0.15, 0.2) is 60.7 Å². The van der Waals surface area contributed by atoms with Gasteiger partial charge in [0.05, 0.1) is 18.2 Å². The number of rotatable bonds is 4. The minimum atomic E-state index is -0.322. The van der Waals surface area contributed by atoms with Gasteiger partial charge in [-0.15, -0.1) is 5.10 Å². The monoisotopic (exact) mass is 415 g/mol. The van der Waals surface area contributed by atoms with Gasteiger partial charge in [-0.1, -0.05) is 36.4 Å². The summed E-state index contributed by atoms with van der Waals surface area (Å²) in [4.78, 5) is 15.6. The van der Waals surface area contributed by atoms with Gasteiger partial charge in [-0.25, -0.2) is 0 Å². The molecule has 31 heavy (non-hydrogen) atoms. The second-order valence-electron chi connectivity index (χ2n) is 8.20. The van der Waals surface area contributed by atoms with Gasteiger partial charge >= 0.3 is 0 Å².